The number of unbranched alkanes of at least 4 members (excludes halogenated alkanes) is 4. The van der Waals surface area contributed by atoms with Gasteiger partial charge in [0.25, 0.3) is 0 Å². The first-order valence-electron chi connectivity index (χ1n) is 8.28. The Morgan fingerprint density at radius 3 is 2.45 bits per heavy atom. The van der Waals surface area contributed by atoms with Gasteiger partial charge in [0, 0.05) is 6.54 Å². The zero-order valence-corrected chi connectivity index (χ0v) is 12.7. The molecule has 2 amide bonds. The highest BCUT2D eigenvalue weighted by molar-refractivity contribution is 5.98. The van der Waals surface area contributed by atoms with Crippen LogP contribution in [0.5, 0.6) is 0 Å². The minimum Gasteiger partial charge on any atom is -0.340 e. The average Bonchev–Trinajstić information content (AvgIpc) is 2.45. The van der Waals surface area contributed by atoms with Crippen molar-refractivity contribution in [1.29, 1.82) is 0 Å². The number of nitrogens with zero attached hydrogens (tertiary/aromatic N) is 1. The molecule has 2 fully saturated rings. The summed E-state index contributed by atoms with van der Waals surface area (Å²) >= 11 is 0. The van der Waals surface area contributed by atoms with Crippen LogP contribution in [0.25, 0.3) is 0 Å². The lowest BCUT2D eigenvalue weighted by atomic mass is 9.79. The third-order valence-electron chi connectivity index (χ3n) is 4.65. The summed E-state index contributed by atoms with van der Waals surface area (Å²) in [5, 5.41) is 2.99. The number of nitrogens with one attached hydrogen (secondary N) is 1. The predicted molar refractivity (Wildman–Crippen MR) is 79.3 cm³/mol. The molecule has 4 heteroatoms. The maximum atomic E-state index is 12.7. The van der Waals surface area contributed by atoms with Crippen LogP contribution < -0.4 is 5.32 Å². The fourth-order valence-electron chi connectivity index (χ4n) is 3.49. The molecule has 1 N–H and O–H groups in total. The second kappa shape index (κ2) is 7.09. The van der Waals surface area contributed by atoms with E-state index in [4.69, 9.17) is 0 Å². The molecule has 0 unspecified atom stereocenters. The van der Waals surface area contributed by atoms with E-state index in [9.17, 15) is 9.59 Å². The van der Waals surface area contributed by atoms with E-state index in [2.05, 4.69) is 12.2 Å². The van der Waals surface area contributed by atoms with Crippen LogP contribution in [-0.2, 0) is 9.59 Å². The van der Waals surface area contributed by atoms with Gasteiger partial charge in [-0.1, -0.05) is 51.9 Å². The third-order valence-corrected chi connectivity index (χ3v) is 4.65. The van der Waals surface area contributed by atoms with E-state index in [0.29, 0.717) is 0 Å². The summed E-state index contributed by atoms with van der Waals surface area (Å²) in [4.78, 5) is 26.4. The molecule has 0 atom stereocenters. The Kier molecular flexibility index (Phi) is 5.44. The molecular formula is C16H28N2O2. The predicted octanol–water partition coefficient (Wildman–Crippen LogP) is 2.62. The van der Waals surface area contributed by atoms with E-state index in [0.717, 1.165) is 45.1 Å². The van der Waals surface area contributed by atoms with Gasteiger partial charge in [-0.3, -0.25) is 9.59 Å². The highest BCUT2D eigenvalue weighted by Crippen LogP contribution is 2.32. The molecule has 114 valence electrons. The van der Waals surface area contributed by atoms with E-state index in [1.54, 1.807) is 4.90 Å². The Morgan fingerprint density at radius 1 is 1.05 bits per heavy atom. The van der Waals surface area contributed by atoms with Gasteiger partial charge in [-0.15, -0.1) is 0 Å². The van der Waals surface area contributed by atoms with Gasteiger partial charge in [0.05, 0.1) is 6.54 Å². The van der Waals surface area contributed by atoms with Crippen molar-refractivity contribution in [3.63, 3.8) is 0 Å². The molecule has 1 saturated carbocycles. The molecule has 1 saturated heterocycles. The lowest BCUT2D eigenvalue weighted by Gasteiger charge is -2.44. The standard InChI is InChI=1S/C16H28N2O2/c1-2-3-4-5-9-12-18-13-14(19)17-16(15(18)20)10-7-6-8-11-16/h2-13H2,1H3,(H,17,19). The second-order valence-corrected chi connectivity index (χ2v) is 6.33. The van der Waals surface area contributed by atoms with Gasteiger partial charge in [0.2, 0.25) is 11.8 Å². The number of hydrogen-bond donors (Lipinski definition) is 1. The number of carbonyl (C=O) groups is 2. The largest absolute Gasteiger partial charge is 0.340 e. The van der Waals surface area contributed by atoms with Crippen molar-refractivity contribution >= 4 is 11.8 Å². The van der Waals surface area contributed by atoms with Crippen LogP contribution in [0, 0.1) is 0 Å². The molecule has 20 heavy (non-hydrogen) atoms. The molecule has 0 aromatic carbocycles. The minimum absolute atomic E-state index is 0.0278. The van der Waals surface area contributed by atoms with E-state index in [-0.39, 0.29) is 18.4 Å². The first kappa shape index (κ1) is 15.3. The summed E-state index contributed by atoms with van der Waals surface area (Å²) in [6, 6.07) is 0. The lowest BCUT2D eigenvalue weighted by molar-refractivity contribution is -0.151. The maximum Gasteiger partial charge on any atom is 0.248 e. The topological polar surface area (TPSA) is 49.4 Å². The van der Waals surface area contributed by atoms with Crippen molar-refractivity contribution in [2.75, 3.05) is 13.1 Å². The van der Waals surface area contributed by atoms with Gasteiger partial charge in [-0.2, -0.15) is 0 Å². The van der Waals surface area contributed by atoms with Gasteiger partial charge in [0.1, 0.15) is 5.54 Å². The Balaban J connectivity index is 1.88. The van der Waals surface area contributed by atoms with Gasteiger partial charge in [0.15, 0.2) is 0 Å². The summed E-state index contributed by atoms with van der Waals surface area (Å²) in [5.74, 6) is 0.201. The third kappa shape index (κ3) is 3.53. The van der Waals surface area contributed by atoms with Crippen molar-refractivity contribution in [2.24, 2.45) is 0 Å². The molecule has 1 spiro atoms. The van der Waals surface area contributed by atoms with Gasteiger partial charge >= 0.3 is 0 Å². The monoisotopic (exact) mass is 280 g/mol. The molecule has 0 aromatic heterocycles. The van der Waals surface area contributed by atoms with Crippen LogP contribution >= 0.6 is 0 Å². The SMILES string of the molecule is CCCCCCCN1CC(=O)NC2(CCCCC2)C1=O. The molecule has 2 aliphatic rings. The zero-order chi connectivity index (χ0) is 14.4. The quantitative estimate of drug-likeness (QED) is 0.760. The van der Waals surface area contributed by atoms with E-state index in [1.165, 1.54) is 25.7 Å². The summed E-state index contributed by atoms with van der Waals surface area (Å²) in [6.07, 6.45) is 10.8. The first-order chi connectivity index (χ1) is 9.68. The number of amides is 2. The number of rotatable bonds is 6. The molecule has 0 aromatic rings. The Bertz CT molecular complexity index is 348. The molecule has 4 nitrogen and oxygen atoms in total. The molecule has 1 aliphatic carbocycles. The van der Waals surface area contributed by atoms with E-state index < -0.39 is 5.54 Å². The fraction of sp³-hybridized carbons (Fsp3) is 0.875. The molecule has 0 bridgehead atoms. The van der Waals surface area contributed by atoms with Crippen molar-refractivity contribution in [3.05, 3.63) is 0 Å². The summed E-state index contributed by atoms with van der Waals surface area (Å²) < 4.78 is 0. The van der Waals surface area contributed by atoms with Crippen molar-refractivity contribution < 1.29 is 9.59 Å². The molecule has 1 aliphatic heterocycles. The highest BCUT2D eigenvalue weighted by atomic mass is 16.2. The number of piperazine rings is 1. The van der Waals surface area contributed by atoms with Gasteiger partial charge in [-0.05, 0) is 19.3 Å². The number of hydrogen-bond acceptors (Lipinski definition) is 2. The summed E-state index contributed by atoms with van der Waals surface area (Å²) in [6.45, 7) is 3.21. The Morgan fingerprint density at radius 2 is 1.75 bits per heavy atom. The van der Waals surface area contributed by atoms with Crippen LogP contribution in [-0.4, -0.2) is 35.3 Å². The second-order valence-electron chi connectivity index (χ2n) is 6.33. The Labute approximate surface area is 122 Å². The van der Waals surface area contributed by atoms with Crippen LogP contribution in [0.4, 0.5) is 0 Å². The molecule has 0 radical (unpaired) electrons. The molecule has 2 rings (SSSR count). The number of carbonyl (C=O) groups excluding carboxylic acids is 2. The first-order valence-corrected chi connectivity index (χ1v) is 8.28. The smallest absolute Gasteiger partial charge is 0.248 e. The van der Waals surface area contributed by atoms with E-state index >= 15 is 0 Å². The lowest BCUT2D eigenvalue weighted by Crippen LogP contribution is -2.67. The highest BCUT2D eigenvalue weighted by Gasteiger charge is 2.46. The molecular weight excluding hydrogens is 252 g/mol. The zero-order valence-electron chi connectivity index (χ0n) is 12.7. The molecule has 1 heterocycles. The Hall–Kier alpha value is -1.06. The van der Waals surface area contributed by atoms with Gasteiger partial charge in [-0.25, -0.2) is 0 Å². The fourth-order valence-corrected chi connectivity index (χ4v) is 3.49. The summed E-state index contributed by atoms with van der Waals surface area (Å²) in [7, 11) is 0. The van der Waals surface area contributed by atoms with Crippen LogP contribution in [0.15, 0.2) is 0 Å². The van der Waals surface area contributed by atoms with Gasteiger partial charge < -0.3 is 10.2 Å². The average molecular weight is 280 g/mol. The van der Waals surface area contributed by atoms with Crippen LogP contribution in [0.1, 0.15) is 71.1 Å². The minimum atomic E-state index is -0.559. The summed E-state index contributed by atoms with van der Waals surface area (Å²) in [5.41, 5.74) is -0.559. The van der Waals surface area contributed by atoms with Crippen LogP contribution in [0.2, 0.25) is 0 Å². The van der Waals surface area contributed by atoms with E-state index in [1.807, 2.05) is 0 Å². The normalized spacial score (nSPS) is 22.1. The van der Waals surface area contributed by atoms with Crippen molar-refractivity contribution in [1.82, 2.24) is 10.2 Å². The van der Waals surface area contributed by atoms with Crippen molar-refractivity contribution in [3.8, 4) is 0 Å². The van der Waals surface area contributed by atoms with Crippen molar-refractivity contribution in [2.45, 2.75) is 76.7 Å². The maximum absolute atomic E-state index is 12.7. The van der Waals surface area contributed by atoms with Crippen LogP contribution in [0.3, 0.4) is 0 Å².